The minimum absolute atomic E-state index is 0.0333. The molecule has 0 saturated carbocycles. The highest BCUT2D eigenvalue weighted by molar-refractivity contribution is 7.89. The molecule has 0 aromatic heterocycles. The van der Waals surface area contributed by atoms with E-state index < -0.39 is 34.3 Å². The molecule has 1 unspecified atom stereocenters. The van der Waals surface area contributed by atoms with E-state index >= 15 is 0 Å². The van der Waals surface area contributed by atoms with Gasteiger partial charge in [-0.2, -0.15) is 4.31 Å². The number of hydrogen-bond donors (Lipinski definition) is 0. The third-order valence-corrected chi connectivity index (χ3v) is 8.25. The van der Waals surface area contributed by atoms with Gasteiger partial charge in [-0.15, -0.1) is 0 Å². The average molecular weight is 485 g/mol. The van der Waals surface area contributed by atoms with E-state index in [-0.39, 0.29) is 29.3 Å². The quantitative estimate of drug-likeness (QED) is 0.422. The van der Waals surface area contributed by atoms with Gasteiger partial charge in [-0.1, -0.05) is 19.1 Å². The molecule has 34 heavy (non-hydrogen) atoms. The predicted molar refractivity (Wildman–Crippen MR) is 126 cm³/mol. The van der Waals surface area contributed by atoms with E-state index in [2.05, 4.69) is 0 Å². The van der Waals surface area contributed by atoms with Crippen LogP contribution in [0.1, 0.15) is 42.1 Å². The van der Waals surface area contributed by atoms with Crippen molar-refractivity contribution in [2.75, 3.05) is 31.1 Å². The normalized spacial score (nSPS) is 18.9. The van der Waals surface area contributed by atoms with Gasteiger partial charge in [0, 0.05) is 37.3 Å². The molecular formula is C25H28N2O6S. The van der Waals surface area contributed by atoms with Crippen LogP contribution in [0.3, 0.4) is 0 Å². The largest absolute Gasteiger partial charge is 0.457 e. The maximum atomic E-state index is 12.6. The van der Waals surface area contributed by atoms with Crippen LogP contribution in [0.4, 0.5) is 5.69 Å². The molecule has 2 aromatic rings. The Labute approximate surface area is 199 Å². The third-order valence-electron chi connectivity index (χ3n) is 6.34. The Morgan fingerprint density at radius 3 is 2.26 bits per heavy atom. The van der Waals surface area contributed by atoms with Crippen molar-refractivity contribution in [3.8, 4) is 0 Å². The highest BCUT2D eigenvalue weighted by Crippen LogP contribution is 2.26. The number of rotatable bonds is 8. The van der Waals surface area contributed by atoms with Gasteiger partial charge in [0.2, 0.25) is 15.9 Å². The van der Waals surface area contributed by atoms with Gasteiger partial charge >= 0.3 is 5.97 Å². The van der Waals surface area contributed by atoms with Crippen molar-refractivity contribution < 1.29 is 27.5 Å². The lowest BCUT2D eigenvalue weighted by Gasteiger charge is -2.17. The Hall–Kier alpha value is -3.04. The summed E-state index contributed by atoms with van der Waals surface area (Å²) in [4.78, 5) is 39.1. The standard InChI is InChI=1S/C25H28N2O6S/c1-2-18-5-9-21(10-6-18)27-16-20(15-24(27)29)25(30)33-17-23(28)19-7-11-22(12-8-19)34(31,32)26-13-3-4-14-26/h5-12,20H,2-4,13-17H2,1H3. The third kappa shape index (κ3) is 5.05. The second-order valence-corrected chi connectivity index (χ2v) is 10.5. The zero-order chi connectivity index (χ0) is 24.3. The molecule has 0 bridgehead atoms. The van der Waals surface area contributed by atoms with E-state index in [1.54, 1.807) is 4.90 Å². The summed E-state index contributed by atoms with van der Waals surface area (Å²) in [5, 5.41) is 0. The van der Waals surface area contributed by atoms with E-state index in [0.29, 0.717) is 13.1 Å². The zero-order valence-corrected chi connectivity index (χ0v) is 19.9. The maximum Gasteiger partial charge on any atom is 0.311 e. The molecule has 2 fully saturated rings. The first-order chi connectivity index (χ1) is 16.3. The summed E-state index contributed by atoms with van der Waals surface area (Å²) >= 11 is 0. The highest BCUT2D eigenvalue weighted by atomic mass is 32.2. The van der Waals surface area contributed by atoms with Crippen molar-refractivity contribution in [2.24, 2.45) is 5.92 Å². The molecular weight excluding hydrogens is 456 g/mol. The van der Waals surface area contributed by atoms with Gasteiger partial charge in [-0.05, 0) is 61.2 Å². The number of carbonyl (C=O) groups is 3. The second-order valence-electron chi connectivity index (χ2n) is 8.59. The van der Waals surface area contributed by atoms with Crippen LogP contribution in [-0.4, -0.2) is 56.6 Å². The van der Waals surface area contributed by atoms with Crippen LogP contribution < -0.4 is 4.90 Å². The van der Waals surface area contributed by atoms with E-state index in [1.807, 2.05) is 31.2 Å². The average Bonchev–Trinajstić information content (AvgIpc) is 3.53. The molecule has 0 aliphatic carbocycles. The van der Waals surface area contributed by atoms with Crippen molar-refractivity contribution in [2.45, 2.75) is 37.5 Å². The Balaban J connectivity index is 1.32. The number of carbonyl (C=O) groups excluding carboxylic acids is 3. The number of ether oxygens (including phenoxy) is 1. The topological polar surface area (TPSA) is 101 Å². The summed E-state index contributed by atoms with van der Waals surface area (Å²) in [6.07, 6.45) is 2.62. The summed E-state index contributed by atoms with van der Waals surface area (Å²) < 4.78 is 31.8. The molecule has 0 N–H and O–H groups in total. The van der Waals surface area contributed by atoms with E-state index in [1.165, 1.54) is 28.6 Å². The Morgan fingerprint density at radius 2 is 1.65 bits per heavy atom. The van der Waals surface area contributed by atoms with Crippen molar-refractivity contribution in [1.29, 1.82) is 0 Å². The number of amides is 1. The Morgan fingerprint density at radius 1 is 1.00 bits per heavy atom. The van der Waals surface area contributed by atoms with Crippen molar-refractivity contribution in [3.63, 3.8) is 0 Å². The van der Waals surface area contributed by atoms with Crippen molar-refractivity contribution in [3.05, 3.63) is 59.7 Å². The fraction of sp³-hybridized carbons (Fsp3) is 0.400. The fourth-order valence-electron chi connectivity index (χ4n) is 4.25. The molecule has 8 nitrogen and oxygen atoms in total. The first-order valence-electron chi connectivity index (χ1n) is 11.5. The predicted octanol–water partition coefficient (Wildman–Crippen LogP) is 2.81. The minimum Gasteiger partial charge on any atom is -0.457 e. The Kier molecular flexibility index (Phi) is 7.13. The molecule has 1 amide bonds. The molecule has 180 valence electrons. The van der Waals surface area contributed by atoms with Crippen LogP contribution in [0.2, 0.25) is 0 Å². The lowest BCUT2D eigenvalue weighted by atomic mass is 10.1. The smallest absolute Gasteiger partial charge is 0.311 e. The van der Waals surface area contributed by atoms with Crippen molar-refractivity contribution >= 4 is 33.4 Å². The molecule has 1 atom stereocenters. The lowest BCUT2D eigenvalue weighted by Crippen LogP contribution is -2.28. The molecule has 0 radical (unpaired) electrons. The van der Waals surface area contributed by atoms with E-state index in [9.17, 15) is 22.8 Å². The highest BCUT2D eigenvalue weighted by Gasteiger charge is 2.36. The molecule has 2 saturated heterocycles. The summed E-state index contributed by atoms with van der Waals surface area (Å²) in [5.41, 5.74) is 2.15. The maximum absolute atomic E-state index is 12.6. The molecule has 9 heteroatoms. The molecule has 2 heterocycles. The first kappa shape index (κ1) is 24.1. The van der Waals surface area contributed by atoms with Gasteiger partial charge in [0.15, 0.2) is 12.4 Å². The fourth-order valence-corrected chi connectivity index (χ4v) is 5.77. The molecule has 2 aromatic carbocycles. The summed E-state index contributed by atoms with van der Waals surface area (Å²) in [6.45, 7) is 2.80. The number of Topliss-reactive ketones (excluding diaryl/α,β-unsaturated/α-hetero) is 1. The SMILES string of the molecule is CCc1ccc(N2CC(C(=O)OCC(=O)c3ccc(S(=O)(=O)N4CCCC4)cc3)CC2=O)cc1. The summed E-state index contributed by atoms with van der Waals surface area (Å²) in [5.74, 6) is -1.83. The van der Waals surface area contributed by atoms with Crippen LogP contribution >= 0.6 is 0 Å². The first-order valence-corrected chi connectivity index (χ1v) is 12.9. The number of aryl methyl sites for hydroxylation is 1. The van der Waals surface area contributed by atoms with Gasteiger partial charge in [0.1, 0.15) is 0 Å². The number of nitrogens with zero attached hydrogens (tertiary/aromatic N) is 2. The number of anilines is 1. The molecule has 2 aliphatic rings. The number of hydrogen-bond acceptors (Lipinski definition) is 6. The van der Waals surface area contributed by atoms with Gasteiger partial charge in [0.25, 0.3) is 0 Å². The molecule has 4 rings (SSSR count). The number of ketones is 1. The van der Waals surface area contributed by atoms with Crippen LogP contribution in [0.5, 0.6) is 0 Å². The monoisotopic (exact) mass is 484 g/mol. The van der Waals surface area contributed by atoms with Crippen molar-refractivity contribution in [1.82, 2.24) is 4.31 Å². The number of esters is 1. The van der Waals surface area contributed by atoms with Gasteiger partial charge in [-0.3, -0.25) is 14.4 Å². The van der Waals surface area contributed by atoms with Crippen LogP contribution in [0, 0.1) is 5.92 Å². The summed E-state index contributed by atoms with van der Waals surface area (Å²) in [7, 11) is -3.56. The van der Waals surface area contributed by atoms with Crippen LogP contribution in [0.25, 0.3) is 0 Å². The summed E-state index contributed by atoms with van der Waals surface area (Å²) in [6, 6.07) is 13.3. The molecule has 0 spiro atoms. The van der Waals surface area contributed by atoms with E-state index in [4.69, 9.17) is 4.74 Å². The lowest BCUT2D eigenvalue weighted by molar-refractivity contribution is -0.147. The zero-order valence-electron chi connectivity index (χ0n) is 19.1. The minimum atomic E-state index is -3.56. The van der Waals surface area contributed by atoms with Crippen LogP contribution in [-0.2, 0) is 30.8 Å². The number of benzene rings is 2. The van der Waals surface area contributed by atoms with Crippen LogP contribution in [0.15, 0.2) is 53.4 Å². The molecule has 2 aliphatic heterocycles. The van der Waals surface area contributed by atoms with Gasteiger partial charge in [-0.25, -0.2) is 8.42 Å². The van der Waals surface area contributed by atoms with Gasteiger partial charge in [0.05, 0.1) is 10.8 Å². The Bertz CT molecular complexity index is 1170. The van der Waals surface area contributed by atoms with E-state index in [0.717, 1.165) is 30.5 Å². The second kappa shape index (κ2) is 10.1. The van der Waals surface area contributed by atoms with Gasteiger partial charge < -0.3 is 9.64 Å². The number of sulfonamides is 1.